The number of nitrogens with zero attached hydrogens (tertiary/aromatic N) is 3. The number of hydrogen-bond donors (Lipinski definition) is 2. The van der Waals surface area contributed by atoms with E-state index in [0.717, 1.165) is 60.4 Å². The minimum absolute atomic E-state index is 0.173. The molecule has 1 fully saturated rings. The molecule has 4 rings (SSSR count). The molecule has 1 amide bonds. The van der Waals surface area contributed by atoms with E-state index >= 15 is 0 Å². The first-order valence-electron chi connectivity index (χ1n) is 10.7. The Hall–Kier alpha value is -2.91. The van der Waals surface area contributed by atoms with E-state index < -0.39 is 0 Å². The number of ether oxygens (including phenoxy) is 3. The smallest absolute Gasteiger partial charge is 0.207 e. The lowest BCUT2D eigenvalue weighted by Crippen LogP contribution is -2.29. The van der Waals surface area contributed by atoms with Gasteiger partial charge in [0.1, 0.15) is 11.4 Å². The second-order valence-corrected chi connectivity index (χ2v) is 7.74. The number of nitrogens with one attached hydrogen (secondary N) is 2. The molecule has 0 spiro atoms. The van der Waals surface area contributed by atoms with Crippen molar-refractivity contribution in [3.8, 4) is 17.0 Å². The minimum atomic E-state index is 0.173. The molecule has 1 atom stereocenters. The van der Waals surface area contributed by atoms with Crippen molar-refractivity contribution in [2.75, 3.05) is 40.1 Å². The molecule has 1 aliphatic heterocycles. The highest BCUT2D eigenvalue weighted by atomic mass is 16.5. The average molecular weight is 428 g/mol. The van der Waals surface area contributed by atoms with Gasteiger partial charge in [-0.1, -0.05) is 0 Å². The van der Waals surface area contributed by atoms with Crippen molar-refractivity contribution in [1.82, 2.24) is 25.3 Å². The lowest BCUT2D eigenvalue weighted by atomic mass is 9.92. The van der Waals surface area contributed by atoms with Crippen LogP contribution in [0.25, 0.3) is 22.2 Å². The van der Waals surface area contributed by atoms with E-state index in [1.807, 2.05) is 35.3 Å². The van der Waals surface area contributed by atoms with Crippen LogP contribution in [0.2, 0.25) is 0 Å². The van der Waals surface area contributed by atoms with Crippen LogP contribution in [0, 0.1) is 5.92 Å². The third-order valence-electron chi connectivity index (χ3n) is 5.71. The number of H-pyrrole nitrogens is 1. The molecule has 1 aliphatic rings. The summed E-state index contributed by atoms with van der Waals surface area (Å²) in [4.78, 5) is 10.3. The van der Waals surface area contributed by atoms with Gasteiger partial charge in [-0.15, -0.1) is 0 Å². The number of fused-ring (bicyclic) bond motifs is 1. The summed E-state index contributed by atoms with van der Waals surface area (Å²) >= 11 is 0. The molecule has 3 aromatic rings. The molecular formula is C22H29N5O4. The number of hydrogen-bond acceptors (Lipinski definition) is 6. The van der Waals surface area contributed by atoms with E-state index in [0.29, 0.717) is 32.1 Å². The SMILES string of the molecule is COCC(C1CCOCC1)n1cc(-c2n[nH]c3ccc(OCCCNC=O)cc23)cn1. The summed E-state index contributed by atoms with van der Waals surface area (Å²) in [5.41, 5.74) is 2.74. The van der Waals surface area contributed by atoms with Crippen molar-refractivity contribution in [3.05, 3.63) is 30.6 Å². The van der Waals surface area contributed by atoms with Gasteiger partial charge < -0.3 is 19.5 Å². The average Bonchev–Trinajstić information content (AvgIpc) is 3.44. The maximum Gasteiger partial charge on any atom is 0.207 e. The van der Waals surface area contributed by atoms with Crippen LogP contribution in [0.1, 0.15) is 25.3 Å². The van der Waals surface area contributed by atoms with Gasteiger partial charge >= 0.3 is 0 Å². The van der Waals surface area contributed by atoms with Gasteiger partial charge in [0, 0.05) is 44.0 Å². The van der Waals surface area contributed by atoms with Crippen LogP contribution in [0.5, 0.6) is 5.75 Å². The first kappa shape index (κ1) is 21.3. The molecule has 9 heteroatoms. The summed E-state index contributed by atoms with van der Waals surface area (Å²) in [5, 5.41) is 15.9. The highest BCUT2D eigenvalue weighted by Crippen LogP contribution is 2.32. The van der Waals surface area contributed by atoms with E-state index in [9.17, 15) is 4.79 Å². The highest BCUT2D eigenvalue weighted by Gasteiger charge is 2.26. The Morgan fingerprint density at radius 3 is 3.06 bits per heavy atom. The first-order valence-corrected chi connectivity index (χ1v) is 10.7. The van der Waals surface area contributed by atoms with Crippen molar-refractivity contribution in [2.24, 2.45) is 5.92 Å². The summed E-state index contributed by atoms with van der Waals surface area (Å²) in [6.45, 7) is 3.32. The van der Waals surface area contributed by atoms with Crippen molar-refractivity contribution in [3.63, 3.8) is 0 Å². The Morgan fingerprint density at radius 1 is 1.39 bits per heavy atom. The van der Waals surface area contributed by atoms with Crippen molar-refractivity contribution in [1.29, 1.82) is 0 Å². The molecule has 166 valence electrons. The fourth-order valence-electron chi connectivity index (χ4n) is 4.07. The van der Waals surface area contributed by atoms with Crippen molar-refractivity contribution >= 4 is 17.3 Å². The molecule has 0 aliphatic carbocycles. The number of aromatic nitrogens is 4. The standard InChI is InChI=1S/C22H29N5O4/c1-29-14-21(16-5-9-30-10-6-16)27-13-17(12-24-27)22-19-11-18(3-4-20(19)25-26-22)31-8-2-7-23-15-28/h3-4,11-13,15-16,21H,2,5-10,14H2,1H3,(H,23,28)(H,25,26). The maximum absolute atomic E-state index is 10.3. The monoisotopic (exact) mass is 427 g/mol. The lowest BCUT2D eigenvalue weighted by Gasteiger charge is -2.30. The van der Waals surface area contributed by atoms with E-state index in [-0.39, 0.29) is 6.04 Å². The fourth-order valence-corrected chi connectivity index (χ4v) is 4.07. The van der Waals surface area contributed by atoms with Gasteiger partial charge in [-0.3, -0.25) is 14.6 Å². The van der Waals surface area contributed by atoms with Crippen LogP contribution in [0.3, 0.4) is 0 Å². The number of rotatable bonds is 11. The Kier molecular flexibility index (Phi) is 7.16. The summed E-state index contributed by atoms with van der Waals surface area (Å²) in [6.07, 6.45) is 7.37. The number of benzene rings is 1. The summed E-state index contributed by atoms with van der Waals surface area (Å²) in [7, 11) is 1.73. The molecule has 2 N–H and O–H groups in total. The van der Waals surface area contributed by atoms with Gasteiger partial charge in [0.05, 0.1) is 31.0 Å². The maximum atomic E-state index is 10.3. The third-order valence-corrected chi connectivity index (χ3v) is 5.71. The van der Waals surface area contributed by atoms with Crippen LogP contribution in [-0.2, 0) is 14.3 Å². The van der Waals surface area contributed by atoms with Crippen LogP contribution < -0.4 is 10.1 Å². The van der Waals surface area contributed by atoms with Gasteiger partial charge in [-0.2, -0.15) is 10.2 Å². The van der Waals surface area contributed by atoms with Crippen LogP contribution in [0.15, 0.2) is 30.6 Å². The van der Waals surface area contributed by atoms with E-state index in [1.54, 1.807) is 7.11 Å². The zero-order valence-corrected chi connectivity index (χ0v) is 17.8. The summed E-state index contributed by atoms with van der Waals surface area (Å²) < 4.78 is 18.9. The highest BCUT2D eigenvalue weighted by molar-refractivity contribution is 5.93. The molecule has 0 radical (unpaired) electrons. The largest absolute Gasteiger partial charge is 0.494 e. The molecule has 9 nitrogen and oxygen atoms in total. The lowest BCUT2D eigenvalue weighted by molar-refractivity contribution is -0.109. The van der Waals surface area contributed by atoms with E-state index in [1.165, 1.54) is 0 Å². The molecule has 0 saturated carbocycles. The third kappa shape index (κ3) is 5.05. The summed E-state index contributed by atoms with van der Waals surface area (Å²) in [6, 6.07) is 6.04. The molecule has 1 saturated heterocycles. The molecule has 0 bridgehead atoms. The van der Waals surface area contributed by atoms with Crippen molar-refractivity contribution in [2.45, 2.75) is 25.3 Å². The van der Waals surface area contributed by atoms with Crippen LogP contribution in [0.4, 0.5) is 0 Å². The van der Waals surface area contributed by atoms with Gasteiger partial charge in [-0.25, -0.2) is 0 Å². The van der Waals surface area contributed by atoms with Crippen LogP contribution >= 0.6 is 0 Å². The van der Waals surface area contributed by atoms with Gasteiger partial charge in [0.2, 0.25) is 6.41 Å². The number of carbonyl (C=O) groups is 1. The van der Waals surface area contributed by atoms with Crippen LogP contribution in [-0.4, -0.2) is 66.5 Å². The summed E-state index contributed by atoms with van der Waals surface area (Å²) in [5.74, 6) is 1.25. The number of methoxy groups -OCH3 is 1. The zero-order valence-electron chi connectivity index (χ0n) is 17.8. The molecule has 3 heterocycles. The quantitative estimate of drug-likeness (QED) is 0.360. The normalized spacial score (nSPS) is 15.8. The Labute approximate surface area is 181 Å². The topological polar surface area (TPSA) is 103 Å². The molecular weight excluding hydrogens is 398 g/mol. The van der Waals surface area contributed by atoms with E-state index in [2.05, 4.69) is 20.6 Å². The predicted octanol–water partition coefficient (Wildman–Crippen LogP) is 2.56. The second kappa shape index (κ2) is 10.4. The van der Waals surface area contributed by atoms with Gasteiger partial charge in [-0.05, 0) is 43.4 Å². The molecule has 1 aromatic carbocycles. The zero-order chi connectivity index (χ0) is 21.5. The number of aromatic amines is 1. The molecule has 1 unspecified atom stereocenters. The number of carbonyl (C=O) groups excluding carboxylic acids is 1. The Morgan fingerprint density at radius 2 is 2.26 bits per heavy atom. The first-order chi connectivity index (χ1) is 15.3. The van der Waals surface area contributed by atoms with Crippen molar-refractivity contribution < 1.29 is 19.0 Å². The van der Waals surface area contributed by atoms with Gasteiger partial charge in [0.25, 0.3) is 0 Å². The predicted molar refractivity (Wildman–Crippen MR) is 116 cm³/mol. The second-order valence-electron chi connectivity index (χ2n) is 7.74. The fraction of sp³-hybridized carbons (Fsp3) is 0.500. The molecule has 31 heavy (non-hydrogen) atoms. The number of amides is 1. The molecule has 2 aromatic heterocycles. The minimum Gasteiger partial charge on any atom is -0.494 e. The Balaban J connectivity index is 1.52. The Bertz CT molecular complexity index is 979. The van der Waals surface area contributed by atoms with E-state index in [4.69, 9.17) is 14.2 Å². The van der Waals surface area contributed by atoms with Gasteiger partial charge in [0.15, 0.2) is 0 Å².